The Morgan fingerprint density at radius 3 is 1.15 bits per heavy atom. The number of nitrogen functional groups attached to an aromatic ring is 2. The second-order valence-corrected chi connectivity index (χ2v) is 7.35. The Balaban J connectivity index is 1.60. The average Bonchev–Trinajstić information content (AvgIpc) is 3.47. The van der Waals surface area contributed by atoms with E-state index in [2.05, 4.69) is 12.1 Å². The Kier molecular flexibility index (Phi) is 3.00. The Morgan fingerprint density at radius 1 is 0.538 bits per heavy atom. The van der Waals surface area contributed by atoms with Crippen LogP contribution < -0.4 is 11.5 Å². The predicted octanol–water partition coefficient (Wildman–Crippen LogP) is 2.80. The van der Waals surface area contributed by atoms with Crippen molar-refractivity contribution in [3.05, 3.63) is 46.5 Å². The van der Waals surface area contributed by atoms with Crippen molar-refractivity contribution in [2.75, 3.05) is 37.9 Å². The third-order valence-corrected chi connectivity index (χ3v) is 5.55. The smallest absolute Gasteiger partial charge is 0.108 e. The topological polar surface area (TPSA) is 102 Å². The van der Waals surface area contributed by atoms with E-state index in [1.807, 2.05) is 12.1 Å². The SMILES string of the molecule is Nc1ccc(-c2ccc(N)c(C3CO3)c2C2CO2)c(C2CO2)c1C1CO1. The first-order chi connectivity index (χ1) is 12.7. The molecule has 4 aliphatic rings. The van der Waals surface area contributed by atoms with Crippen molar-refractivity contribution in [3.63, 3.8) is 0 Å². The maximum Gasteiger partial charge on any atom is 0.108 e. The van der Waals surface area contributed by atoms with E-state index in [0.29, 0.717) is 0 Å². The lowest BCUT2D eigenvalue weighted by Gasteiger charge is -2.19. The van der Waals surface area contributed by atoms with Gasteiger partial charge in [0.1, 0.15) is 24.4 Å². The molecule has 0 aliphatic carbocycles. The molecule has 6 heteroatoms. The van der Waals surface area contributed by atoms with E-state index in [1.165, 1.54) is 0 Å². The monoisotopic (exact) mass is 352 g/mol. The molecule has 4 heterocycles. The van der Waals surface area contributed by atoms with Crippen LogP contribution in [-0.4, -0.2) is 26.4 Å². The van der Waals surface area contributed by atoms with E-state index in [1.54, 1.807) is 0 Å². The van der Waals surface area contributed by atoms with Gasteiger partial charge >= 0.3 is 0 Å². The van der Waals surface area contributed by atoms with Gasteiger partial charge in [0.15, 0.2) is 0 Å². The van der Waals surface area contributed by atoms with Crippen LogP contribution in [0, 0.1) is 0 Å². The van der Waals surface area contributed by atoms with Crippen LogP contribution in [0.1, 0.15) is 46.7 Å². The van der Waals surface area contributed by atoms with Crippen molar-refractivity contribution in [1.82, 2.24) is 0 Å². The molecule has 0 radical (unpaired) electrons. The second kappa shape index (κ2) is 5.20. The van der Waals surface area contributed by atoms with E-state index in [4.69, 9.17) is 30.4 Å². The zero-order valence-electron chi connectivity index (χ0n) is 14.2. The summed E-state index contributed by atoms with van der Waals surface area (Å²) in [5, 5.41) is 0. The van der Waals surface area contributed by atoms with Gasteiger partial charge in [-0.1, -0.05) is 12.1 Å². The summed E-state index contributed by atoms with van der Waals surface area (Å²) in [7, 11) is 0. The Morgan fingerprint density at radius 2 is 0.846 bits per heavy atom. The second-order valence-electron chi connectivity index (χ2n) is 7.35. The van der Waals surface area contributed by atoms with E-state index >= 15 is 0 Å². The normalized spacial score (nSPS) is 30.9. The van der Waals surface area contributed by atoms with E-state index in [9.17, 15) is 0 Å². The van der Waals surface area contributed by atoms with Gasteiger partial charge in [0.05, 0.1) is 26.4 Å². The minimum absolute atomic E-state index is 0.0785. The van der Waals surface area contributed by atoms with Gasteiger partial charge in [-0.05, 0) is 34.4 Å². The van der Waals surface area contributed by atoms with Crippen molar-refractivity contribution in [3.8, 4) is 11.1 Å². The fourth-order valence-electron chi connectivity index (χ4n) is 4.05. The van der Waals surface area contributed by atoms with Crippen LogP contribution in [0.2, 0.25) is 0 Å². The van der Waals surface area contributed by atoms with Crippen LogP contribution >= 0.6 is 0 Å². The summed E-state index contributed by atoms with van der Waals surface area (Å²) in [4.78, 5) is 0. The van der Waals surface area contributed by atoms with Gasteiger partial charge < -0.3 is 30.4 Å². The summed E-state index contributed by atoms with van der Waals surface area (Å²) in [6.45, 7) is 2.88. The van der Waals surface area contributed by atoms with Crippen LogP contribution in [0.15, 0.2) is 24.3 Å². The molecule has 6 nitrogen and oxygen atoms in total. The molecule has 0 saturated carbocycles. The third-order valence-electron chi connectivity index (χ3n) is 5.55. The summed E-state index contributed by atoms with van der Waals surface area (Å²) in [5.74, 6) is 0. The average molecular weight is 352 g/mol. The number of ether oxygens (including phenoxy) is 4. The van der Waals surface area contributed by atoms with Crippen LogP contribution in [0.4, 0.5) is 11.4 Å². The summed E-state index contributed by atoms with van der Waals surface area (Å²) >= 11 is 0. The maximum atomic E-state index is 6.30. The molecular formula is C20H20N2O4. The summed E-state index contributed by atoms with van der Waals surface area (Å²) in [5.41, 5.74) is 20.9. The van der Waals surface area contributed by atoms with Crippen molar-refractivity contribution in [1.29, 1.82) is 0 Å². The molecular weight excluding hydrogens is 332 g/mol. The molecule has 4 unspecified atom stereocenters. The molecule has 2 aromatic carbocycles. The first-order valence-corrected chi connectivity index (χ1v) is 9.03. The van der Waals surface area contributed by atoms with Crippen LogP contribution in [0.25, 0.3) is 11.1 Å². The molecule has 4 atom stereocenters. The van der Waals surface area contributed by atoms with Crippen molar-refractivity contribution in [2.24, 2.45) is 0 Å². The lowest BCUT2D eigenvalue weighted by Crippen LogP contribution is -2.05. The lowest BCUT2D eigenvalue weighted by molar-refractivity contribution is 0.399. The fourth-order valence-corrected chi connectivity index (χ4v) is 4.05. The molecule has 4 N–H and O–H groups in total. The highest BCUT2D eigenvalue weighted by Crippen LogP contribution is 2.52. The number of nitrogens with two attached hydrogens (primary N) is 2. The molecule has 0 amide bonds. The van der Waals surface area contributed by atoms with Gasteiger partial charge in [0, 0.05) is 22.5 Å². The minimum atomic E-state index is 0.0785. The van der Waals surface area contributed by atoms with Gasteiger partial charge in [0.2, 0.25) is 0 Å². The lowest BCUT2D eigenvalue weighted by atomic mass is 9.85. The Labute approximate surface area is 151 Å². The first kappa shape index (κ1) is 15.0. The zero-order chi connectivity index (χ0) is 17.4. The van der Waals surface area contributed by atoms with E-state index < -0.39 is 0 Å². The number of epoxide rings is 4. The highest BCUT2D eigenvalue weighted by Gasteiger charge is 2.41. The molecule has 134 valence electrons. The number of hydrogen-bond acceptors (Lipinski definition) is 6. The fraction of sp³-hybridized carbons (Fsp3) is 0.400. The number of benzene rings is 2. The molecule has 0 bridgehead atoms. The number of rotatable bonds is 5. The van der Waals surface area contributed by atoms with E-state index in [0.717, 1.165) is 71.2 Å². The van der Waals surface area contributed by atoms with Crippen LogP contribution in [0.3, 0.4) is 0 Å². The highest BCUT2D eigenvalue weighted by molar-refractivity contribution is 5.80. The van der Waals surface area contributed by atoms with Crippen molar-refractivity contribution in [2.45, 2.75) is 24.4 Å². The van der Waals surface area contributed by atoms with Gasteiger partial charge in [-0.3, -0.25) is 0 Å². The minimum Gasteiger partial charge on any atom is -0.398 e. The van der Waals surface area contributed by atoms with Gasteiger partial charge in [-0.15, -0.1) is 0 Å². The predicted molar refractivity (Wildman–Crippen MR) is 95.5 cm³/mol. The largest absolute Gasteiger partial charge is 0.398 e. The molecule has 2 aromatic rings. The van der Waals surface area contributed by atoms with Gasteiger partial charge in [-0.25, -0.2) is 0 Å². The Hall–Kier alpha value is -2.12. The number of anilines is 2. The summed E-state index contributed by atoms with van der Waals surface area (Å²) < 4.78 is 22.5. The van der Waals surface area contributed by atoms with Crippen molar-refractivity contribution < 1.29 is 18.9 Å². The first-order valence-electron chi connectivity index (χ1n) is 9.03. The maximum absolute atomic E-state index is 6.30. The quantitative estimate of drug-likeness (QED) is 0.634. The van der Waals surface area contributed by atoms with Gasteiger partial charge in [0.25, 0.3) is 0 Å². The van der Waals surface area contributed by atoms with Crippen LogP contribution in [-0.2, 0) is 18.9 Å². The summed E-state index contributed by atoms with van der Waals surface area (Å²) in [6, 6.07) is 8.12. The molecule has 4 aliphatic heterocycles. The third kappa shape index (κ3) is 2.34. The molecule has 6 rings (SSSR count). The molecule has 4 saturated heterocycles. The molecule has 0 aromatic heterocycles. The standard InChI is InChI=1S/C20H20N2O4/c21-11-3-1-9(17(13-5-23-13)19(11)15-7-25-15)10-2-4-12(22)20(16-8-26-16)18(10)14-6-24-14/h1-4,13-16H,5-8,21-22H2. The number of hydrogen-bond donors (Lipinski definition) is 2. The van der Waals surface area contributed by atoms with Crippen molar-refractivity contribution >= 4 is 11.4 Å². The molecule has 26 heavy (non-hydrogen) atoms. The molecule has 0 spiro atoms. The molecule has 4 fully saturated rings. The van der Waals surface area contributed by atoms with Gasteiger partial charge in [-0.2, -0.15) is 0 Å². The van der Waals surface area contributed by atoms with E-state index in [-0.39, 0.29) is 24.4 Å². The highest BCUT2D eigenvalue weighted by atomic mass is 16.6. The van der Waals surface area contributed by atoms with Crippen LogP contribution in [0.5, 0.6) is 0 Å². The zero-order valence-corrected chi connectivity index (χ0v) is 14.2. The summed E-state index contributed by atoms with van der Waals surface area (Å²) in [6.07, 6.45) is 0.322. The Bertz CT molecular complexity index is 837.